The number of ether oxygens (including phenoxy) is 1. The Balaban J connectivity index is 2.18. The van der Waals surface area contributed by atoms with Crippen LogP contribution in [0.2, 0.25) is 0 Å². The summed E-state index contributed by atoms with van der Waals surface area (Å²) in [4.78, 5) is 0. The smallest absolute Gasteiger partial charge is 0.0700 e. The van der Waals surface area contributed by atoms with Gasteiger partial charge in [0.05, 0.1) is 12.2 Å². The third-order valence-electron chi connectivity index (χ3n) is 2.73. The van der Waals surface area contributed by atoms with E-state index in [9.17, 15) is 5.11 Å². The molecule has 1 aliphatic rings. The standard InChI is InChI=1S/C10H21NO2/c1-7(2)10(12)6-11-9-4-5-13-8(9)3/h7-12H,4-6H2,1-3H3. The number of aliphatic hydroxyl groups excluding tert-OH is 1. The molecule has 1 fully saturated rings. The van der Waals surface area contributed by atoms with Gasteiger partial charge in [0, 0.05) is 19.2 Å². The van der Waals surface area contributed by atoms with Crippen LogP contribution < -0.4 is 5.32 Å². The average molecular weight is 187 g/mol. The fourth-order valence-electron chi connectivity index (χ4n) is 1.51. The SMILES string of the molecule is CC(C)C(O)CNC1CCOC1C. The van der Waals surface area contributed by atoms with Gasteiger partial charge >= 0.3 is 0 Å². The molecule has 0 bridgehead atoms. The first-order valence-corrected chi connectivity index (χ1v) is 5.14. The fourth-order valence-corrected chi connectivity index (χ4v) is 1.51. The topological polar surface area (TPSA) is 41.5 Å². The normalized spacial score (nSPS) is 31.2. The summed E-state index contributed by atoms with van der Waals surface area (Å²) in [7, 11) is 0. The molecule has 1 heterocycles. The predicted octanol–water partition coefficient (Wildman–Crippen LogP) is 0.770. The van der Waals surface area contributed by atoms with Gasteiger partial charge in [-0.3, -0.25) is 0 Å². The molecule has 0 aromatic rings. The summed E-state index contributed by atoms with van der Waals surface area (Å²) in [5.74, 6) is 0.324. The Labute approximate surface area is 80.5 Å². The van der Waals surface area contributed by atoms with Gasteiger partial charge in [-0.05, 0) is 19.3 Å². The third-order valence-corrected chi connectivity index (χ3v) is 2.73. The molecule has 1 rings (SSSR count). The Morgan fingerprint density at radius 2 is 2.23 bits per heavy atom. The van der Waals surface area contributed by atoms with E-state index in [1.54, 1.807) is 0 Å². The van der Waals surface area contributed by atoms with Crippen molar-refractivity contribution in [1.82, 2.24) is 5.32 Å². The molecule has 13 heavy (non-hydrogen) atoms. The summed E-state index contributed by atoms with van der Waals surface area (Å²) in [5, 5.41) is 12.9. The highest BCUT2D eigenvalue weighted by molar-refractivity contribution is 4.80. The van der Waals surface area contributed by atoms with Gasteiger partial charge < -0.3 is 15.2 Å². The molecule has 0 aromatic carbocycles. The summed E-state index contributed by atoms with van der Waals surface area (Å²) < 4.78 is 5.41. The van der Waals surface area contributed by atoms with E-state index in [4.69, 9.17) is 4.74 Å². The van der Waals surface area contributed by atoms with Crippen molar-refractivity contribution in [2.75, 3.05) is 13.2 Å². The Morgan fingerprint density at radius 1 is 1.54 bits per heavy atom. The molecule has 0 aliphatic carbocycles. The highest BCUT2D eigenvalue weighted by atomic mass is 16.5. The Hall–Kier alpha value is -0.120. The molecule has 0 amide bonds. The lowest BCUT2D eigenvalue weighted by atomic mass is 10.1. The van der Waals surface area contributed by atoms with Crippen molar-refractivity contribution in [1.29, 1.82) is 0 Å². The quantitative estimate of drug-likeness (QED) is 0.683. The molecule has 78 valence electrons. The molecular formula is C10H21NO2. The number of aliphatic hydroxyl groups is 1. The van der Waals surface area contributed by atoms with E-state index >= 15 is 0 Å². The number of nitrogens with one attached hydrogen (secondary N) is 1. The second-order valence-corrected chi connectivity index (χ2v) is 4.19. The molecule has 3 unspecified atom stereocenters. The van der Waals surface area contributed by atoms with Crippen LogP contribution in [-0.2, 0) is 4.74 Å². The number of rotatable bonds is 4. The monoisotopic (exact) mass is 187 g/mol. The molecule has 0 radical (unpaired) electrons. The molecule has 3 heteroatoms. The zero-order valence-corrected chi connectivity index (χ0v) is 8.79. The van der Waals surface area contributed by atoms with Crippen molar-refractivity contribution >= 4 is 0 Å². The van der Waals surface area contributed by atoms with Crippen molar-refractivity contribution in [3.8, 4) is 0 Å². The van der Waals surface area contributed by atoms with Crippen molar-refractivity contribution < 1.29 is 9.84 Å². The first kappa shape index (κ1) is 11.0. The molecule has 0 spiro atoms. The van der Waals surface area contributed by atoms with Crippen molar-refractivity contribution in [2.24, 2.45) is 5.92 Å². The highest BCUT2D eigenvalue weighted by Crippen LogP contribution is 2.12. The van der Waals surface area contributed by atoms with Crippen LogP contribution in [0.4, 0.5) is 0 Å². The van der Waals surface area contributed by atoms with E-state index in [1.807, 2.05) is 13.8 Å². The summed E-state index contributed by atoms with van der Waals surface area (Å²) in [6.07, 6.45) is 1.11. The fraction of sp³-hybridized carbons (Fsp3) is 1.00. The Kier molecular flexibility index (Phi) is 4.16. The Morgan fingerprint density at radius 3 is 2.69 bits per heavy atom. The predicted molar refractivity (Wildman–Crippen MR) is 52.7 cm³/mol. The van der Waals surface area contributed by atoms with Gasteiger partial charge in [-0.2, -0.15) is 0 Å². The summed E-state index contributed by atoms with van der Waals surface area (Å²) in [5.41, 5.74) is 0. The number of hydrogen-bond donors (Lipinski definition) is 2. The largest absolute Gasteiger partial charge is 0.392 e. The minimum Gasteiger partial charge on any atom is -0.392 e. The zero-order valence-electron chi connectivity index (χ0n) is 8.79. The highest BCUT2D eigenvalue weighted by Gasteiger charge is 2.24. The van der Waals surface area contributed by atoms with E-state index < -0.39 is 0 Å². The molecule has 0 saturated carbocycles. The molecule has 1 saturated heterocycles. The van der Waals surface area contributed by atoms with Crippen molar-refractivity contribution in [3.05, 3.63) is 0 Å². The van der Waals surface area contributed by atoms with E-state index in [-0.39, 0.29) is 6.10 Å². The van der Waals surface area contributed by atoms with Crippen LogP contribution in [0.5, 0.6) is 0 Å². The van der Waals surface area contributed by atoms with Crippen LogP contribution >= 0.6 is 0 Å². The lowest BCUT2D eigenvalue weighted by Crippen LogP contribution is -2.40. The van der Waals surface area contributed by atoms with Crippen LogP contribution in [0, 0.1) is 5.92 Å². The van der Waals surface area contributed by atoms with Gasteiger partial charge in [0.15, 0.2) is 0 Å². The molecule has 3 atom stereocenters. The average Bonchev–Trinajstić information content (AvgIpc) is 2.47. The molecular weight excluding hydrogens is 166 g/mol. The van der Waals surface area contributed by atoms with Gasteiger partial charge in [0.2, 0.25) is 0 Å². The first-order valence-electron chi connectivity index (χ1n) is 5.14. The molecule has 1 aliphatic heterocycles. The molecule has 3 nitrogen and oxygen atoms in total. The lowest BCUT2D eigenvalue weighted by molar-refractivity contribution is 0.0964. The third kappa shape index (κ3) is 3.25. The van der Waals surface area contributed by atoms with Crippen LogP contribution in [0.3, 0.4) is 0 Å². The summed E-state index contributed by atoms with van der Waals surface area (Å²) in [6.45, 7) is 7.65. The number of hydrogen-bond acceptors (Lipinski definition) is 3. The Bertz CT molecular complexity index is 150. The van der Waals surface area contributed by atoms with Gasteiger partial charge in [-0.25, -0.2) is 0 Å². The van der Waals surface area contributed by atoms with Gasteiger partial charge in [-0.1, -0.05) is 13.8 Å². The van der Waals surface area contributed by atoms with Gasteiger partial charge in [0.25, 0.3) is 0 Å². The minimum absolute atomic E-state index is 0.243. The summed E-state index contributed by atoms with van der Waals surface area (Å²) >= 11 is 0. The lowest BCUT2D eigenvalue weighted by Gasteiger charge is -2.20. The van der Waals surface area contributed by atoms with Gasteiger partial charge in [0.1, 0.15) is 0 Å². The first-order chi connectivity index (χ1) is 6.11. The molecule has 2 N–H and O–H groups in total. The van der Waals surface area contributed by atoms with E-state index in [0.29, 0.717) is 24.6 Å². The van der Waals surface area contributed by atoms with Crippen LogP contribution in [0.1, 0.15) is 27.2 Å². The molecule has 0 aromatic heterocycles. The van der Waals surface area contributed by atoms with Crippen LogP contribution in [-0.4, -0.2) is 36.5 Å². The van der Waals surface area contributed by atoms with Crippen molar-refractivity contribution in [3.63, 3.8) is 0 Å². The maximum absolute atomic E-state index is 9.57. The maximum atomic E-state index is 9.57. The van der Waals surface area contributed by atoms with Crippen LogP contribution in [0.25, 0.3) is 0 Å². The van der Waals surface area contributed by atoms with Crippen LogP contribution in [0.15, 0.2) is 0 Å². The minimum atomic E-state index is -0.243. The van der Waals surface area contributed by atoms with Gasteiger partial charge in [-0.15, -0.1) is 0 Å². The van der Waals surface area contributed by atoms with E-state index in [0.717, 1.165) is 13.0 Å². The maximum Gasteiger partial charge on any atom is 0.0700 e. The van der Waals surface area contributed by atoms with E-state index in [2.05, 4.69) is 12.2 Å². The summed E-state index contributed by atoms with van der Waals surface area (Å²) in [6, 6.07) is 0.424. The zero-order chi connectivity index (χ0) is 9.84. The second kappa shape index (κ2) is 4.94. The van der Waals surface area contributed by atoms with Crippen molar-refractivity contribution in [2.45, 2.75) is 45.4 Å². The second-order valence-electron chi connectivity index (χ2n) is 4.19. The van der Waals surface area contributed by atoms with E-state index in [1.165, 1.54) is 0 Å².